The average Bonchev–Trinajstić information content (AvgIpc) is 2.82. The summed E-state index contributed by atoms with van der Waals surface area (Å²) in [6.07, 6.45) is 3.15. The number of amides is 1. The van der Waals surface area contributed by atoms with Crippen molar-refractivity contribution in [3.05, 3.63) is 71.8 Å². The number of hydrogen-bond acceptors (Lipinski definition) is 6. The number of benzene rings is 1. The molecule has 3 rings (SSSR count). The van der Waals surface area contributed by atoms with Gasteiger partial charge in [0, 0.05) is 36.9 Å². The highest BCUT2D eigenvalue weighted by molar-refractivity contribution is 5.77. The molecular weight excluding hydrogens is 439 g/mol. The molecule has 1 unspecified atom stereocenters. The van der Waals surface area contributed by atoms with Gasteiger partial charge in [-0.25, -0.2) is 0 Å². The smallest absolute Gasteiger partial charge is 0.433 e. The Kier molecular flexibility index (Phi) is 8.68. The van der Waals surface area contributed by atoms with Crippen LogP contribution in [0.5, 0.6) is 5.75 Å². The number of nitrogens with zero attached hydrogens (tertiary/aromatic N) is 2. The SMILES string of the molecule is O=C(COc1ccc(CC=NOCc2ccc(C(F)(F)F)nc2)cc1)NCC1C=COCC1. The molecule has 1 N–H and O–H groups in total. The van der Waals surface area contributed by atoms with Crippen molar-refractivity contribution in [3.63, 3.8) is 0 Å². The van der Waals surface area contributed by atoms with Gasteiger partial charge in [-0.15, -0.1) is 0 Å². The lowest BCUT2D eigenvalue weighted by atomic mass is 10.1. The van der Waals surface area contributed by atoms with Gasteiger partial charge in [0.1, 0.15) is 18.1 Å². The second-order valence-corrected chi connectivity index (χ2v) is 7.30. The molecule has 1 aliphatic rings. The van der Waals surface area contributed by atoms with E-state index >= 15 is 0 Å². The number of alkyl halides is 3. The molecule has 1 aromatic heterocycles. The highest BCUT2D eigenvalue weighted by atomic mass is 19.4. The quantitative estimate of drug-likeness (QED) is 0.427. The predicted molar refractivity (Wildman–Crippen MR) is 114 cm³/mol. The number of pyridine rings is 1. The van der Waals surface area contributed by atoms with E-state index in [1.54, 1.807) is 24.6 Å². The van der Waals surface area contributed by atoms with Gasteiger partial charge in [0.05, 0.1) is 12.9 Å². The Morgan fingerprint density at radius 2 is 2.00 bits per heavy atom. The van der Waals surface area contributed by atoms with Crippen LogP contribution in [-0.2, 0) is 33.6 Å². The summed E-state index contributed by atoms with van der Waals surface area (Å²) in [6.45, 7) is 1.16. The monoisotopic (exact) mass is 463 g/mol. The van der Waals surface area contributed by atoms with Gasteiger partial charge in [-0.2, -0.15) is 13.2 Å². The van der Waals surface area contributed by atoms with E-state index in [2.05, 4.69) is 15.5 Å². The summed E-state index contributed by atoms with van der Waals surface area (Å²) < 4.78 is 48.1. The molecule has 1 aliphatic heterocycles. The Hall–Kier alpha value is -3.56. The minimum absolute atomic E-state index is 0.0152. The lowest BCUT2D eigenvalue weighted by Gasteiger charge is -2.17. The highest BCUT2D eigenvalue weighted by Crippen LogP contribution is 2.27. The number of ether oxygens (including phenoxy) is 2. The second-order valence-electron chi connectivity index (χ2n) is 7.30. The van der Waals surface area contributed by atoms with E-state index in [-0.39, 0.29) is 25.0 Å². The molecule has 176 valence electrons. The zero-order valence-electron chi connectivity index (χ0n) is 17.8. The molecule has 0 saturated heterocycles. The Morgan fingerprint density at radius 3 is 2.67 bits per heavy atom. The molecule has 0 aliphatic carbocycles. The van der Waals surface area contributed by atoms with E-state index in [0.29, 0.717) is 30.9 Å². The third-order valence-electron chi connectivity index (χ3n) is 4.73. The maximum atomic E-state index is 12.5. The molecule has 1 amide bonds. The first-order valence-electron chi connectivity index (χ1n) is 10.3. The Morgan fingerprint density at radius 1 is 1.21 bits per heavy atom. The van der Waals surface area contributed by atoms with Crippen molar-refractivity contribution in [1.82, 2.24) is 10.3 Å². The predicted octanol–water partition coefficient (Wildman–Crippen LogP) is 3.89. The molecule has 7 nitrogen and oxygen atoms in total. The van der Waals surface area contributed by atoms with Crippen molar-refractivity contribution >= 4 is 12.1 Å². The minimum Gasteiger partial charge on any atom is -0.501 e. The number of aromatic nitrogens is 1. The molecule has 1 atom stereocenters. The molecule has 0 bridgehead atoms. The third kappa shape index (κ3) is 8.47. The number of carbonyl (C=O) groups excluding carboxylic acids is 1. The topological polar surface area (TPSA) is 82.0 Å². The standard InChI is InChI=1S/C23H24F3N3O4/c24-23(25,26)21-6-3-19(14-27-21)15-33-29-10-7-17-1-4-20(5-2-17)32-16-22(30)28-13-18-8-11-31-12-9-18/h1-6,8,10-11,14,18H,7,9,12-13,15-16H2,(H,28,30). The molecule has 1 aromatic carbocycles. The first-order chi connectivity index (χ1) is 15.9. The molecule has 2 heterocycles. The second kappa shape index (κ2) is 11.9. The fraction of sp³-hybridized carbons (Fsp3) is 0.348. The van der Waals surface area contributed by atoms with Gasteiger partial charge in [0.15, 0.2) is 6.61 Å². The normalized spacial score (nSPS) is 15.8. The molecule has 0 saturated carbocycles. The summed E-state index contributed by atoms with van der Waals surface area (Å²) in [7, 11) is 0. The van der Waals surface area contributed by atoms with Crippen LogP contribution in [0.15, 0.2) is 60.1 Å². The fourth-order valence-electron chi connectivity index (χ4n) is 2.87. The van der Waals surface area contributed by atoms with Gasteiger partial charge in [-0.3, -0.25) is 9.78 Å². The molecule has 0 fully saturated rings. The largest absolute Gasteiger partial charge is 0.501 e. The highest BCUT2D eigenvalue weighted by Gasteiger charge is 2.31. The van der Waals surface area contributed by atoms with Gasteiger partial charge in [0.25, 0.3) is 5.91 Å². The Bertz CT molecular complexity index is 945. The third-order valence-corrected chi connectivity index (χ3v) is 4.73. The van der Waals surface area contributed by atoms with E-state index < -0.39 is 11.9 Å². The minimum atomic E-state index is -4.47. The van der Waals surface area contributed by atoms with Crippen molar-refractivity contribution in [2.45, 2.75) is 25.6 Å². The lowest BCUT2D eigenvalue weighted by molar-refractivity contribution is -0.141. The van der Waals surface area contributed by atoms with Gasteiger partial charge >= 0.3 is 6.18 Å². The van der Waals surface area contributed by atoms with E-state index in [0.717, 1.165) is 24.2 Å². The summed E-state index contributed by atoms with van der Waals surface area (Å²) in [5, 5.41) is 6.64. The van der Waals surface area contributed by atoms with Crippen LogP contribution in [0.2, 0.25) is 0 Å². The maximum absolute atomic E-state index is 12.5. The molecule has 10 heteroatoms. The van der Waals surface area contributed by atoms with E-state index in [4.69, 9.17) is 14.3 Å². The number of oxime groups is 1. The number of nitrogens with one attached hydrogen (secondary N) is 1. The molecule has 33 heavy (non-hydrogen) atoms. The summed E-state index contributed by atoms with van der Waals surface area (Å²) in [6, 6.07) is 9.39. The van der Waals surface area contributed by atoms with Crippen LogP contribution in [0.1, 0.15) is 23.2 Å². The fourth-order valence-corrected chi connectivity index (χ4v) is 2.87. The van der Waals surface area contributed by atoms with Crippen LogP contribution < -0.4 is 10.1 Å². The van der Waals surface area contributed by atoms with Crippen molar-refractivity contribution in [1.29, 1.82) is 0 Å². The van der Waals surface area contributed by atoms with Crippen molar-refractivity contribution < 1.29 is 32.3 Å². The van der Waals surface area contributed by atoms with Crippen LogP contribution in [-0.4, -0.2) is 36.9 Å². The Balaban J connectivity index is 1.32. The number of halogens is 3. The Labute approximate surface area is 189 Å². The zero-order valence-corrected chi connectivity index (χ0v) is 17.8. The van der Waals surface area contributed by atoms with Crippen LogP contribution >= 0.6 is 0 Å². The van der Waals surface area contributed by atoms with Crippen LogP contribution in [0.4, 0.5) is 13.2 Å². The first-order valence-corrected chi connectivity index (χ1v) is 10.3. The summed E-state index contributed by atoms with van der Waals surface area (Å²) in [5.74, 6) is 0.661. The number of rotatable bonds is 10. The van der Waals surface area contributed by atoms with Crippen molar-refractivity contribution in [3.8, 4) is 5.75 Å². The molecular formula is C23H24F3N3O4. The summed E-state index contributed by atoms with van der Waals surface area (Å²) in [5.41, 5.74) is 0.478. The van der Waals surface area contributed by atoms with Gasteiger partial charge in [-0.05, 0) is 36.3 Å². The van der Waals surface area contributed by atoms with Gasteiger partial charge in [0.2, 0.25) is 0 Å². The van der Waals surface area contributed by atoms with Crippen LogP contribution in [0.25, 0.3) is 0 Å². The molecule has 0 spiro atoms. The van der Waals surface area contributed by atoms with Crippen molar-refractivity contribution in [2.75, 3.05) is 19.8 Å². The number of carbonyl (C=O) groups is 1. The number of hydrogen-bond donors (Lipinski definition) is 1. The average molecular weight is 463 g/mol. The summed E-state index contributed by atoms with van der Waals surface area (Å²) >= 11 is 0. The maximum Gasteiger partial charge on any atom is 0.433 e. The molecule has 2 aromatic rings. The van der Waals surface area contributed by atoms with E-state index in [1.807, 2.05) is 18.2 Å². The lowest BCUT2D eigenvalue weighted by Crippen LogP contribution is -2.33. The van der Waals surface area contributed by atoms with Crippen LogP contribution in [0.3, 0.4) is 0 Å². The molecule has 0 radical (unpaired) electrons. The van der Waals surface area contributed by atoms with E-state index in [9.17, 15) is 18.0 Å². The first kappa shape index (κ1) is 24.1. The van der Waals surface area contributed by atoms with Crippen molar-refractivity contribution in [2.24, 2.45) is 11.1 Å². The van der Waals surface area contributed by atoms with Crippen LogP contribution in [0, 0.1) is 5.92 Å². The zero-order chi connectivity index (χ0) is 23.5. The van der Waals surface area contributed by atoms with Gasteiger partial charge in [-0.1, -0.05) is 23.4 Å². The summed E-state index contributed by atoms with van der Waals surface area (Å²) in [4.78, 5) is 20.4. The van der Waals surface area contributed by atoms with E-state index in [1.165, 1.54) is 6.07 Å². The van der Waals surface area contributed by atoms with Gasteiger partial charge < -0.3 is 19.6 Å².